The van der Waals surface area contributed by atoms with E-state index in [-0.39, 0.29) is 11.8 Å². The fourth-order valence-electron chi connectivity index (χ4n) is 3.48. The van der Waals surface area contributed by atoms with E-state index in [1.54, 1.807) is 11.9 Å². The number of aliphatic carboxylic acids is 1. The highest BCUT2D eigenvalue weighted by molar-refractivity contribution is 8.00. The molecule has 4 nitrogen and oxygen atoms in total. The Hall–Kier alpha value is -1.98. The fraction of sp³-hybridized carbons (Fsp3) is 0.381. The van der Waals surface area contributed by atoms with Gasteiger partial charge in [0.25, 0.3) is 0 Å². The smallest absolute Gasteiger partial charge is 0.307 e. The lowest BCUT2D eigenvalue weighted by Crippen LogP contribution is -2.38. The van der Waals surface area contributed by atoms with Crippen molar-refractivity contribution >= 4 is 23.6 Å². The molecule has 0 spiro atoms. The molecule has 26 heavy (non-hydrogen) atoms. The van der Waals surface area contributed by atoms with Crippen molar-refractivity contribution in [2.45, 2.75) is 18.8 Å². The van der Waals surface area contributed by atoms with Crippen LogP contribution in [0.2, 0.25) is 0 Å². The maximum Gasteiger partial charge on any atom is 0.307 e. The van der Waals surface area contributed by atoms with Crippen LogP contribution in [-0.4, -0.2) is 37.0 Å². The van der Waals surface area contributed by atoms with Gasteiger partial charge in [0.15, 0.2) is 0 Å². The number of carbonyl (C=O) groups is 1. The van der Waals surface area contributed by atoms with E-state index in [1.165, 1.54) is 5.56 Å². The summed E-state index contributed by atoms with van der Waals surface area (Å²) >= 11 is 1.79. The monoisotopic (exact) mass is 370 g/mol. The molecule has 0 saturated carbocycles. The number of nitrogens with zero attached hydrogens (tertiary/aromatic N) is 1. The lowest BCUT2D eigenvalue weighted by atomic mass is 9.81. The minimum absolute atomic E-state index is 0.0314. The number of anilines is 1. The first-order valence-electron chi connectivity index (χ1n) is 9.09. The van der Waals surface area contributed by atoms with Gasteiger partial charge in [-0.25, -0.2) is 0 Å². The van der Waals surface area contributed by atoms with Gasteiger partial charge in [-0.1, -0.05) is 42.5 Å². The Balaban J connectivity index is 1.63. The van der Waals surface area contributed by atoms with Gasteiger partial charge in [-0.3, -0.25) is 4.79 Å². The highest BCUT2D eigenvalue weighted by Crippen LogP contribution is 2.32. The average molecular weight is 371 g/mol. The molecule has 1 heterocycles. The van der Waals surface area contributed by atoms with Crippen LogP contribution < -0.4 is 9.62 Å². The van der Waals surface area contributed by atoms with Crippen molar-refractivity contribution in [2.75, 3.05) is 30.2 Å². The van der Waals surface area contributed by atoms with E-state index in [9.17, 15) is 9.90 Å². The largest absolute Gasteiger partial charge is 0.481 e. The molecule has 3 rings (SSSR count). The Bertz CT molecular complexity index is 723. The van der Waals surface area contributed by atoms with Gasteiger partial charge in [0.2, 0.25) is 0 Å². The quantitative estimate of drug-likeness (QED) is 0.726. The van der Waals surface area contributed by atoms with Crippen molar-refractivity contribution in [1.29, 1.82) is 0 Å². The molecule has 138 valence electrons. The van der Waals surface area contributed by atoms with Crippen LogP contribution in [0.25, 0.3) is 0 Å². The van der Waals surface area contributed by atoms with Gasteiger partial charge in [-0.05, 0) is 54.6 Å². The molecule has 2 N–H and O–H groups in total. The Kier molecular flexibility index (Phi) is 6.58. The van der Waals surface area contributed by atoms with Gasteiger partial charge >= 0.3 is 5.97 Å². The number of hydrogen-bond donors (Lipinski definition) is 2. The Labute approximate surface area is 159 Å². The maximum atomic E-state index is 11.6. The molecule has 0 aromatic heterocycles. The first kappa shape index (κ1) is 18.8. The van der Waals surface area contributed by atoms with E-state index in [0.29, 0.717) is 6.42 Å². The zero-order chi connectivity index (χ0) is 18.4. The Morgan fingerprint density at radius 1 is 1.23 bits per heavy atom. The van der Waals surface area contributed by atoms with Crippen molar-refractivity contribution in [1.82, 2.24) is 5.32 Å². The molecule has 0 radical (unpaired) electrons. The van der Waals surface area contributed by atoms with Gasteiger partial charge in [0, 0.05) is 31.0 Å². The van der Waals surface area contributed by atoms with Crippen LogP contribution >= 0.6 is 11.9 Å². The van der Waals surface area contributed by atoms with Crippen molar-refractivity contribution in [3.05, 3.63) is 65.7 Å². The molecule has 0 bridgehead atoms. The second-order valence-electron chi connectivity index (χ2n) is 6.71. The molecular weight excluding hydrogens is 344 g/mol. The molecule has 2 aromatic rings. The summed E-state index contributed by atoms with van der Waals surface area (Å²) in [6, 6.07) is 18.8. The molecule has 1 aliphatic rings. The van der Waals surface area contributed by atoms with Crippen molar-refractivity contribution < 1.29 is 9.90 Å². The minimum Gasteiger partial charge on any atom is -0.481 e. The highest BCUT2D eigenvalue weighted by atomic mass is 32.2. The molecule has 2 unspecified atom stereocenters. The Morgan fingerprint density at radius 2 is 2.04 bits per heavy atom. The van der Waals surface area contributed by atoms with E-state index in [0.717, 1.165) is 36.5 Å². The third kappa shape index (κ3) is 4.80. The van der Waals surface area contributed by atoms with E-state index < -0.39 is 5.97 Å². The zero-order valence-corrected chi connectivity index (χ0v) is 15.9. The van der Waals surface area contributed by atoms with Crippen LogP contribution in [0.1, 0.15) is 23.5 Å². The van der Waals surface area contributed by atoms with Crippen LogP contribution in [0.4, 0.5) is 5.69 Å². The number of piperidine rings is 1. The SMILES string of the molecule is CN(SCCc1ccccc1)c1cccc(C2CNCCC2C(=O)O)c1. The molecule has 1 fully saturated rings. The second kappa shape index (κ2) is 9.10. The predicted molar refractivity (Wildman–Crippen MR) is 109 cm³/mol. The summed E-state index contributed by atoms with van der Waals surface area (Å²) in [6.07, 6.45) is 1.72. The zero-order valence-electron chi connectivity index (χ0n) is 15.1. The molecule has 1 saturated heterocycles. The molecule has 2 aromatic carbocycles. The van der Waals surface area contributed by atoms with Crippen LogP contribution in [0, 0.1) is 5.92 Å². The third-order valence-electron chi connectivity index (χ3n) is 4.98. The second-order valence-corrected chi connectivity index (χ2v) is 7.92. The van der Waals surface area contributed by atoms with Crippen LogP contribution in [0.3, 0.4) is 0 Å². The summed E-state index contributed by atoms with van der Waals surface area (Å²) in [5.74, 6) is 0.0481. The predicted octanol–water partition coefficient (Wildman–Crippen LogP) is 3.79. The molecule has 0 aliphatic carbocycles. The first-order chi connectivity index (χ1) is 12.6. The summed E-state index contributed by atoms with van der Waals surface area (Å²) in [5, 5.41) is 12.9. The standard InChI is InChI=1S/C21H26N2O2S/c1-23(26-13-11-16-6-3-2-4-7-16)18-9-5-8-17(14-18)20-15-22-12-10-19(20)21(24)25/h2-9,14,19-20,22H,10-13,15H2,1H3,(H,24,25). The molecular formula is C21H26N2O2S. The summed E-state index contributed by atoms with van der Waals surface area (Å²) in [6.45, 7) is 1.51. The number of nitrogens with one attached hydrogen (secondary N) is 1. The highest BCUT2D eigenvalue weighted by Gasteiger charge is 2.31. The van der Waals surface area contributed by atoms with Crippen molar-refractivity contribution in [3.8, 4) is 0 Å². The van der Waals surface area contributed by atoms with E-state index in [2.05, 4.69) is 59.1 Å². The lowest BCUT2D eigenvalue weighted by molar-refractivity contribution is -0.143. The number of hydrogen-bond acceptors (Lipinski definition) is 4. The maximum absolute atomic E-state index is 11.6. The lowest BCUT2D eigenvalue weighted by Gasteiger charge is -2.30. The molecule has 5 heteroatoms. The van der Waals surface area contributed by atoms with E-state index >= 15 is 0 Å². The van der Waals surface area contributed by atoms with Crippen LogP contribution in [0.5, 0.6) is 0 Å². The van der Waals surface area contributed by atoms with Gasteiger partial charge < -0.3 is 14.7 Å². The van der Waals surface area contributed by atoms with Gasteiger partial charge in [0.05, 0.1) is 5.92 Å². The molecule has 0 amide bonds. The van der Waals surface area contributed by atoms with E-state index in [1.807, 2.05) is 12.1 Å². The van der Waals surface area contributed by atoms with Crippen LogP contribution in [0.15, 0.2) is 54.6 Å². The number of rotatable bonds is 7. The summed E-state index contributed by atoms with van der Waals surface area (Å²) in [5.41, 5.74) is 3.58. The van der Waals surface area contributed by atoms with Gasteiger partial charge in [-0.2, -0.15) is 0 Å². The Morgan fingerprint density at radius 3 is 2.81 bits per heavy atom. The average Bonchev–Trinajstić information content (AvgIpc) is 2.69. The summed E-state index contributed by atoms with van der Waals surface area (Å²) in [4.78, 5) is 11.6. The van der Waals surface area contributed by atoms with Gasteiger partial charge in [-0.15, -0.1) is 0 Å². The number of carboxylic acid groups (broad SMARTS) is 1. The summed E-state index contributed by atoms with van der Waals surface area (Å²) in [7, 11) is 2.07. The topological polar surface area (TPSA) is 52.6 Å². The van der Waals surface area contributed by atoms with Gasteiger partial charge in [0.1, 0.15) is 0 Å². The van der Waals surface area contributed by atoms with Crippen molar-refractivity contribution in [2.24, 2.45) is 5.92 Å². The molecule has 1 aliphatic heterocycles. The summed E-state index contributed by atoms with van der Waals surface area (Å²) < 4.78 is 2.18. The van der Waals surface area contributed by atoms with Crippen LogP contribution in [-0.2, 0) is 11.2 Å². The van der Waals surface area contributed by atoms with E-state index in [4.69, 9.17) is 0 Å². The minimum atomic E-state index is -0.688. The first-order valence-corrected chi connectivity index (χ1v) is 10.0. The number of aryl methyl sites for hydroxylation is 1. The third-order valence-corrected chi connectivity index (χ3v) is 5.96. The van der Waals surface area contributed by atoms with Crippen molar-refractivity contribution in [3.63, 3.8) is 0 Å². The normalized spacial score (nSPS) is 19.9. The number of carboxylic acids is 1. The molecule has 2 atom stereocenters. The fourth-order valence-corrected chi connectivity index (χ4v) is 4.34. The number of benzene rings is 2.